The van der Waals surface area contributed by atoms with Crippen molar-refractivity contribution >= 4 is 6.21 Å². The molecule has 0 spiro atoms. The lowest BCUT2D eigenvalue weighted by atomic mass is 9.92. The largest absolute Gasteiger partial charge is 0.397 e. The zero-order chi connectivity index (χ0) is 9.80. The van der Waals surface area contributed by atoms with Crippen LogP contribution in [0.25, 0.3) is 0 Å². The van der Waals surface area contributed by atoms with Gasteiger partial charge in [0, 0.05) is 17.8 Å². The Balaban J connectivity index is 2.15. The van der Waals surface area contributed by atoms with Gasteiger partial charge in [-0.1, -0.05) is 30.4 Å². The maximum atomic E-state index is 5.66. The Hall–Kier alpha value is -1.57. The summed E-state index contributed by atoms with van der Waals surface area (Å²) in [5.41, 5.74) is 7.73. The summed E-state index contributed by atoms with van der Waals surface area (Å²) in [6.45, 7) is 0.764. The molecular weight excluding hydrogens is 172 g/mol. The molecule has 0 radical (unpaired) electrons. The van der Waals surface area contributed by atoms with E-state index in [2.05, 4.69) is 35.4 Å². The molecule has 1 aliphatic carbocycles. The summed E-state index contributed by atoms with van der Waals surface area (Å²) in [5, 5.41) is 0. The molecule has 14 heavy (non-hydrogen) atoms. The van der Waals surface area contributed by atoms with E-state index in [1.807, 2.05) is 6.08 Å². The Bertz CT molecular complexity index is 357. The summed E-state index contributed by atoms with van der Waals surface area (Å²) in [6, 6.07) is 0. The van der Waals surface area contributed by atoms with E-state index in [0.717, 1.165) is 18.7 Å². The van der Waals surface area contributed by atoms with Gasteiger partial charge in [0.15, 0.2) is 0 Å². The highest BCUT2D eigenvalue weighted by molar-refractivity contribution is 5.78. The summed E-state index contributed by atoms with van der Waals surface area (Å²) < 4.78 is 0. The Morgan fingerprint density at radius 2 is 2.21 bits per heavy atom. The van der Waals surface area contributed by atoms with Gasteiger partial charge in [0.1, 0.15) is 0 Å². The van der Waals surface area contributed by atoms with Crippen molar-refractivity contribution in [2.75, 3.05) is 6.54 Å². The average Bonchev–Trinajstić information content (AvgIpc) is 2.44. The van der Waals surface area contributed by atoms with Crippen LogP contribution in [0.3, 0.4) is 0 Å². The van der Waals surface area contributed by atoms with Crippen LogP contribution in [0, 0.1) is 5.92 Å². The highest BCUT2D eigenvalue weighted by Crippen LogP contribution is 2.22. The summed E-state index contributed by atoms with van der Waals surface area (Å²) >= 11 is 0. The minimum Gasteiger partial charge on any atom is -0.397 e. The second kappa shape index (κ2) is 4.09. The third kappa shape index (κ3) is 2.02. The van der Waals surface area contributed by atoms with Gasteiger partial charge in [0.05, 0.1) is 6.54 Å². The predicted molar refractivity (Wildman–Crippen MR) is 60.1 cm³/mol. The molecule has 2 nitrogen and oxygen atoms in total. The molecule has 0 saturated carbocycles. The minimum atomic E-state index is 0.499. The van der Waals surface area contributed by atoms with Crippen LogP contribution in [-0.2, 0) is 0 Å². The second-order valence-corrected chi connectivity index (χ2v) is 3.53. The lowest BCUT2D eigenvalue weighted by molar-refractivity contribution is 0.747. The number of hydrogen-bond donors (Lipinski definition) is 1. The van der Waals surface area contributed by atoms with Crippen molar-refractivity contribution in [1.82, 2.24) is 0 Å². The van der Waals surface area contributed by atoms with Gasteiger partial charge in [0.25, 0.3) is 0 Å². The predicted octanol–water partition coefficient (Wildman–Crippen LogP) is 1.97. The molecule has 0 aromatic heterocycles. The Kier molecular flexibility index (Phi) is 2.63. The maximum absolute atomic E-state index is 5.66. The lowest BCUT2D eigenvalue weighted by Gasteiger charge is -2.14. The standard InChI is InChI=1S/C12H14N2/c13-12-7-6-11(8-14-9-12)10-4-2-1-3-5-10/h1-4,6-7,9-10H,5,8,13H2. The molecule has 2 rings (SSSR count). The van der Waals surface area contributed by atoms with Gasteiger partial charge in [0.2, 0.25) is 0 Å². The zero-order valence-corrected chi connectivity index (χ0v) is 8.06. The number of aliphatic imine (C=N–C) groups is 1. The SMILES string of the molecule is NC1=CC=C(C2C=CC=CC2)CN=C1. The van der Waals surface area contributed by atoms with Gasteiger partial charge in [-0.3, -0.25) is 4.99 Å². The molecule has 0 saturated heterocycles. The van der Waals surface area contributed by atoms with Crippen molar-refractivity contribution in [3.05, 3.63) is 47.7 Å². The van der Waals surface area contributed by atoms with Gasteiger partial charge in [-0.05, 0) is 18.1 Å². The summed E-state index contributed by atoms with van der Waals surface area (Å²) in [4.78, 5) is 4.26. The Labute approximate surface area is 84.2 Å². The first kappa shape index (κ1) is 9.00. The van der Waals surface area contributed by atoms with Crippen molar-refractivity contribution < 1.29 is 0 Å². The van der Waals surface area contributed by atoms with Gasteiger partial charge in [-0.15, -0.1) is 0 Å². The zero-order valence-electron chi connectivity index (χ0n) is 8.06. The molecule has 1 unspecified atom stereocenters. The maximum Gasteiger partial charge on any atom is 0.0609 e. The highest BCUT2D eigenvalue weighted by atomic mass is 14.7. The number of nitrogens with zero attached hydrogens (tertiary/aromatic N) is 1. The van der Waals surface area contributed by atoms with E-state index < -0.39 is 0 Å². The summed E-state index contributed by atoms with van der Waals surface area (Å²) in [6.07, 6.45) is 15.4. The van der Waals surface area contributed by atoms with Crippen LogP contribution >= 0.6 is 0 Å². The van der Waals surface area contributed by atoms with Gasteiger partial charge < -0.3 is 5.73 Å². The number of hydrogen-bond acceptors (Lipinski definition) is 2. The van der Waals surface area contributed by atoms with Crippen molar-refractivity contribution in [3.8, 4) is 0 Å². The first-order valence-corrected chi connectivity index (χ1v) is 4.85. The molecule has 1 aliphatic heterocycles. The number of allylic oxidation sites excluding steroid dienone is 7. The lowest BCUT2D eigenvalue weighted by Crippen LogP contribution is -2.04. The van der Waals surface area contributed by atoms with E-state index in [9.17, 15) is 0 Å². The summed E-state index contributed by atoms with van der Waals surface area (Å²) in [5.74, 6) is 0.499. The molecule has 1 heterocycles. The van der Waals surface area contributed by atoms with Crippen molar-refractivity contribution in [3.63, 3.8) is 0 Å². The van der Waals surface area contributed by atoms with E-state index in [1.165, 1.54) is 5.57 Å². The monoisotopic (exact) mass is 186 g/mol. The summed E-state index contributed by atoms with van der Waals surface area (Å²) in [7, 11) is 0. The third-order valence-corrected chi connectivity index (χ3v) is 2.46. The third-order valence-electron chi connectivity index (χ3n) is 2.46. The first-order chi connectivity index (χ1) is 6.86. The molecule has 0 aromatic carbocycles. The molecule has 0 fully saturated rings. The van der Waals surface area contributed by atoms with Gasteiger partial charge in [-0.2, -0.15) is 0 Å². The van der Waals surface area contributed by atoms with Crippen LogP contribution in [0.15, 0.2) is 52.7 Å². The van der Waals surface area contributed by atoms with Crippen molar-refractivity contribution in [1.29, 1.82) is 0 Å². The van der Waals surface area contributed by atoms with Crippen molar-refractivity contribution in [2.45, 2.75) is 6.42 Å². The average molecular weight is 186 g/mol. The van der Waals surface area contributed by atoms with Crippen LogP contribution in [0.1, 0.15) is 6.42 Å². The van der Waals surface area contributed by atoms with E-state index in [0.29, 0.717) is 5.92 Å². The molecule has 2 heteroatoms. The second-order valence-electron chi connectivity index (χ2n) is 3.53. The van der Waals surface area contributed by atoms with E-state index in [4.69, 9.17) is 5.73 Å². The number of nitrogens with two attached hydrogens (primary N) is 1. The minimum absolute atomic E-state index is 0.499. The van der Waals surface area contributed by atoms with Crippen LogP contribution in [0.5, 0.6) is 0 Å². The van der Waals surface area contributed by atoms with Gasteiger partial charge in [-0.25, -0.2) is 0 Å². The van der Waals surface area contributed by atoms with E-state index >= 15 is 0 Å². The fourth-order valence-electron chi connectivity index (χ4n) is 1.65. The van der Waals surface area contributed by atoms with E-state index in [-0.39, 0.29) is 0 Å². The highest BCUT2D eigenvalue weighted by Gasteiger charge is 2.11. The normalized spacial score (nSPS) is 25.6. The molecule has 0 aromatic rings. The number of rotatable bonds is 1. The first-order valence-electron chi connectivity index (χ1n) is 4.85. The van der Waals surface area contributed by atoms with Crippen LogP contribution in [0.2, 0.25) is 0 Å². The molecular formula is C12H14N2. The van der Waals surface area contributed by atoms with E-state index in [1.54, 1.807) is 6.21 Å². The molecule has 0 amide bonds. The Morgan fingerprint density at radius 3 is 3.00 bits per heavy atom. The van der Waals surface area contributed by atoms with Gasteiger partial charge >= 0.3 is 0 Å². The quantitative estimate of drug-likeness (QED) is 0.668. The molecule has 0 bridgehead atoms. The smallest absolute Gasteiger partial charge is 0.0609 e. The molecule has 2 aliphatic rings. The fourth-order valence-corrected chi connectivity index (χ4v) is 1.65. The molecule has 2 N–H and O–H groups in total. The van der Waals surface area contributed by atoms with Crippen LogP contribution in [-0.4, -0.2) is 12.8 Å². The molecule has 1 atom stereocenters. The van der Waals surface area contributed by atoms with Crippen molar-refractivity contribution in [2.24, 2.45) is 16.6 Å². The van der Waals surface area contributed by atoms with Crippen LogP contribution < -0.4 is 5.73 Å². The fraction of sp³-hybridized carbons (Fsp3) is 0.250. The topological polar surface area (TPSA) is 38.4 Å². The molecule has 72 valence electrons. The van der Waals surface area contributed by atoms with Crippen LogP contribution in [0.4, 0.5) is 0 Å². The Morgan fingerprint density at radius 1 is 1.29 bits per heavy atom.